The first-order valence-electron chi connectivity index (χ1n) is 16.5. The fourth-order valence-electron chi connectivity index (χ4n) is 5.94. The highest BCUT2D eigenvalue weighted by atomic mass is 35.5. The third-order valence-electron chi connectivity index (χ3n) is 8.55. The summed E-state index contributed by atoms with van der Waals surface area (Å²) in [5.41, 5.74) is 8.94. The Morgan fingerprint density at radius 2 is 0.774 bits per heavy atom. The van der Waals surface area contributed by atoms with Crippen LogP contribution in [0, 0.1) is 0 Å². The number of rotatable bonds is 10. The van der Waals surface area contributed by atoms with Crippen LogP contribution in [-0.2, 0) is 21.3 Å². The molecular weight excluding hydrogens is 760 g/mol. The molecule has 0 spiro atoms. The van der Waals surface area contributed by atoms with Gasteiger partial charge in [0, 0.05) is 57.1 Å². The SMILES string of the molecule is O=S(=O)(Cc1ccc(-c2nc(-c3ccc(Cl)cc3)c(-c3ccncc3)s2)cc1)Cc1ccc(-c2nc(-c3ccc(Cl)cc3)c(-c3ccncc3)s2)cc1. The smallest absolute Gasteiger partial charge is 0.158 e. The molecule has 0 bridgehead atoms. The molecule has 0 saturated carbocycles. The Morgan fingerprint density at radius 3 is 1.13 bits per heavy atom. The van der Waals surface area contributed by atoms with Gasteiger partial charge in [-0.2, -0.15) is 0 Å². The Morgan fingerprint density at radius 1 is 0.434 bits per heavy atom. The maximum atomic E-state index is 13.4. The highest BCUT2D eigenvalue weighted by Gasteiger charge is 2.19. The average Bonchev–Trinajstić information content (AvgIpc) is 3.83. The van der Waals surface area contributed by atoms with Crippen molar-refractivity contribution in [3.8, 4) is 64.5 Å². The van der Waals surface area contributed by atoms with Crippen molar-refractivity contribution in [2.45, 2.75) is 11.5 Å². The van der Waals surface area contributed by atoms with E-state index in [1.807, 2.05) is 121 Å². The predicted molar refractivity (Wildman–Crippen MR) is 219 cm³/mol. The first-order valence-corrected chi connectivity index (χ1v) is 20.7. The number of hydrogen-bond acceptors (Lipinski definition) is 8. The number of sulfone groups is 1. The van der Waals surface area contributed by atoms with Crippen LogP contribution < -0.4 is 0 Å². The van der Waals surface area contributed by atoms with Gasteiger partial charge >= 0.3 is 0 Å². The van der Waals surface area contributed by atoms with Gasteiger partial charge in [-0.25, -0.2) is 18.4 Å². The number of halogens is 2. The Hall–Kier alpha value is -5.03. The lowest BCUT2D eigenvalue weighted by atomic mass is 10.1. The van der Waals surface area contributed by atoms with Gasteiger partial charge in [-0.15, -0.1) is 22.7 Å². The van der Waals surface area contributed by atoms with Crippen molar-refractivity contribution in [1.29, 1.82) is 0 Å². The van der Waals surface area contributed by atoms with Gasteiger partial charge in [0.15, 0.2) is 9.84 Å². The summed E-state index contributed by atoms with van der Waals surface area (Å²) in [7, 11) is -3.46. The number of nitrogens with zero attached hydrogens (tertiary/aromatic N) is 4. The Balaban J connectivity index is 0.991. The van der Waals surface area contributed by atoms with E-state index in [0.717, 1.165) is 75.7 Å². The van der Waals surface area contributed by atoms with Crippen LogP contribution in [0.3, 0.4) is 0 Å². The number of pyridine rings is 2. The number of aromatic nitrogens is 4. The molecule has 6 nitrogen and oxygen atoms in total. The number of thiazole rings is 2. The van der Waals surface area contributed by atoms with Crippen molar-refractivity contribution in [2.24, 2.45) is 0 Å². The minimum absolute atomic E-state index is 0.0720. The predicted octanol–water partition coefficient (Wildman–Crippen LogP) is 11.8. The van der Waals surface area contributed by atoms with E-state index < -0.39 is 9.84 Å². The monoisotopic (exact) mass is 786 g/mol. The molecule has 0 N–H and O–H groups in total. The third kappa shape index (κ3) is 8.00. The molecule has 260 valence electrons. The van der Waals surface area contributed by atoms with E-state index in [1.54, 1.807) is 47.5 Å². The topological polar surface area (TPSA) is 85.7 Å². The average molecular weight is 788 g/mol. The van der Waals surface area contributed by atoms with Gasteiger partial charge in [-0.3, -0.25) is 9.97 Å². The van der Waals surface area contributed by atoms with Crippen LogP contribution in [0.2, 0.25) is 10.0 Å². The fraction of sp³-hybridized carbons (Fsp3) is 0.0476. The summed E-state index contributed by atoms with van der Waals surface area (Å²) in [6.45, 7) is 0. The quantitative estimate of drug-likeness (QED) is 0.137. The zero-order valence-electron chi connectivity index (χ0n) is 27.9. The van der Waals surface area contributed by atoms with Gasteiger partial charge in [0.1, 0.15) is 10.0 Å². The molecule has 11 heteroatoms. The second-order valence-corrected chi connectivity index (χ2v) is 17.2. The van der Waals surface area contributed by atoms with E-state index in [9.17, 15) is 8.42 Å². The second kappa shape index (κ2) is 15.1. The minimum atomic E-state index is -3.46. The van der Waals surface area contributed by atoms with Crippen LogP contribution >= 0.6 is 45.9 Å². The van der Waals surface area contributed by atoms with Crippen LogP contribution in [0.25, 0.3) is 64.5 Å². The van der Waals surface area contributed by atoms with E-state index in [0.29, 0.717) is 10.0 Å². The zero-order chi connectivity index (χ0) is 36.4. The Kier molecular flexibility index (Phi) is 10.0. The molecule has 4 heterocycles. The van der Waals surface area contributed by atoms with E-state index in [-0.39, 0.29) is 11.5 Å². The Labute approximate surface area is 325 Å². The fourth-order valence-corrected chi connectivity index (χ4v) is 9.89. The van der Waals surface area contributed by atoms with E-state index in [4.69, 9.17) is 33.2 Å². The Bertz CT molecular complexity index is 2430. The molecule has 4 aromatic heterocycles. The van der Waals surface area contributed by atoms with Crippen molar-refractivity contribution >= 4 is 55.7 Å². The second-order valence-electron chi connectivity index (χ2n) is 12.3. The third-order valence-corrected chi connectivity index (χ3v) is 12.9. The van der Waals surface area contributed by atoms with Crippen molar-refractivity contribution in [3.05, 3.63) is 167 Å². The van der Waals surface area contributed by atoms with Gasteiger partial charge in [0.2, 0.25) is 0 Å². The maximum absolute atomic E-state index is 13.4. The van der Waals surface area contributed by atoms with Gasteiger partial charge in [0.05, 0.1) is 32.6 Å². The molecule has 0 aliphatic heterocycles. The summed E-state index contributed by atoms with van der Waals surface area (Å²) in [4.78, 5) is 20.4. The number of hydrogen-bond donors (Lipinski definition) is 0. The largest absolute Gasteiger partial charge is 0.265 e. The van der Waals surface area contributed by atoms with Gasteiger partial charge < -0.3 is 0 Å². The minimum Gasteiger partial charge on any atom is -0.265 e. The van der Waals surface area contributed by atoms with Crippen LogP contribution in [0.4, 0.5) is 0 Å². The van der Waals surface area contributed by atoms with Crippen molar-refractivity contribution in [1.82, 2.24) is 19.9 Å². The summed E-state index contributed by atoms with van der Waals surface area (Å²) < 4.78 is 26.8. The number of benzene rings is 4. The standard InChI is InChI=1S/C42H28Cl2N4O2S3/c43-35-13-9-29(10-14-35)37-39(31-17-21-45-22-18-31)51-41(47-37)33-5-1-27(2-6-33)25-53(49,50)26-28-3-7-34(8-4-28)42-48-38(30-11-15-36(44)16-12-30)40(52-42)32-19-23-46-24-20-32/h1-24H,25-26H2. The molecule has 0 amide bonds. The molecule has 0 aliphatic carbocycles. The molecule has 0 radical (unpaired) electrons. The summed E-state index contributed by atoms with van der Waals surface area (Å²) in [6.07, 6.45) is 7.07. The molecule has 8 aromatic rings. The van der Waals surface area contributed by atoms with E-state index in [2.05, 4.69) is 9.97 Å². The van der Waals surface area contributed by atoms with Gasteiger partial charge in [-0.1, -0.05) is 96.0 Å². The highest BCUT2D eigenvalue weighted by molar-refractivity contribution is 7.89. The molecule has 4 aromatic carbocycles. The lowest BCUT2D eigenvalue weighted by Crippen LogP contribution is -2.07. The lowest BCUT2D eigenvalue weighted by molar-refractivity contribution is 0.594. The first kappa shape index (κ1) is 35.0. The molecule has 0 fully saturated rings. The first-order chi connectivity index (χ1) is 25.8. The normalized spacial score (nSPS) is 11.5. The summed E-state index contributed by atoms with van der Waals surface area (Å²) in [5.74, 6) is -0.144. The van der Waals surface area contributed by atoms with E-state index >= 15 is 0 Å². The molecule has 53 heavy (non-hydrogen) atoms. The van der Waals surface area contributed by atoms with Crippen LogP contribution in [0.1, 0.15) is 11.1 Å². The molecule has 0 atom stereocenters. The summed E-state index contributed by atoms with van der Waals surface area (Å²) in [6, 6.07) is 38.4. The maximum Gasteiger partial charge on any atom is 0.158 e. The van der Waals surface area contributed by atoms with Crippen molar-refractivity contribution in [2.75, 3.05) is 0 Å². The van der Waals surface area contributed by atoms with Crippen LogP contribution in [0.15, 0.2) is 146 Å². The van der Waals surface area contributed by atoms with Crippen molar-refractivity contribution in [3.63, 3.8) is 0 Å². The summed E-state index contributed by atoms with van der Waals surface area (Å²) >= 11 is 15.5. The summed E-state index contributed by atoms with van der Waals surface area (Å²) in [5, 5.41) is 3.00. The molecule has 0 aliphatic rings. The molecule has 0 unspecified atom stereocenters. The zero-order valence-corrected chi connectivity index (χ0v) is 31.8. The highest BCUT2D eigenvalue weighted by Crippen LogP contribution is 2.42. The molecule has 0 saturated heterocycles. The molecular formula is C42H28Cl2N4O2S3. The molecule has 8 rings (SSSR count). The van der Waals surface area contributed by atoms with Crippen molar-refractivity contribution < 1.29 is 8.42 Å². The van der Waals surface area contributed by atoms with Gasteiger partial charge in [-0.05, 0) is 70.8 Å². The lowest BCUT2D eigenvalue weighted by Gasteiger charge is -2.07. The van der Waals surface area contributed by atoms with Crippen LogP contribution in [-0.4, -0.2) is 28.4 Å². The van der Waals surface area contributed by atoms with Gasteiger partial charge in [0.25, 0.3) is 0 Å². The van der Waals surface area contributed by atoms with E-state index in [1.165, 1.54) is 0 Å². The van der Waals surface area contributed by atoms with Crippen LogP contribution in [0.5, 0.6) is 0 Å².